The molecule has 0 N–H and O–H groups in total. The van der Waals surface area contributed by atoms with Crippen LogP contribution < -0.4 is 4.90 Å². The lowest BCUT2D eigenvalue weighted by Gasteiger charge is -2.39. The second-order valence-corrected chi connectivity index (χ2v) is 5.13. The molecular formula is C11H12BrN5. The smallest absolute Gasteiger partial charge is 0.147 e. The van der Waals surface area contributed by atoms with Crippen molar-refractivity contribution in [3.63, 3.8) is 0 Å². The fourth-order valence-electron chi connectivity index (χ4n) is 1.93. The van der Waals surface area contributed by atoms with E-state index in [1.54, 1.807) is 6.20 Å². The third-order valence-corrected chi connectivity index (χ3v) is 3.28. The molecule has 6 heteroatoms. The molecule has 0 amide bonds. The summed E-state index contributed by atoms with van der Waals surface area (Å²) >= 11 is 3.40. The minimum Gasteiger partial charge on any atom is -0.351 e. The highest BCUT2D eigenvalue weighted by molar-refractivity contribution is 9.10. The molecule has 2 aromatic heterocycles. The van der Waals surface area contributed by atoms with Gasteiger partial charge in [-0.1, -0.05) is 0 Å². The lowest BCUT2D eigenvalue weighted by Crippen LogP contribution is -2.48. The van der Waals surface area contributed by atoms with Crippen molar-refractivity contribution in [2.24, 2.45) is 0 Å². The highest BCUT2D eigenvalue weighted by Crippen LogP contribution is 2.26. The zero-order valence-electron chi connectivity index (χ0n) is 9.41. The Kier molecular flexibility index (Phi) is 2.58. The van der Waals surface area contributed by atoms with Crippen LogP contribution in [0.3, 0.4) is 0 Å². The Morgan fingerprint density at radius 2 is 2.12 bits per heavy atom. The van der Waals surface area contributed by atoms with Crippen LogP contribution in [0.15, 0.2) is 29.3 Å². The molecule has 1 aliphatic heterocycles. The van der Waals surface area contributed by atoms with Crippen molar-refractivity contribution in [1.29, 1.82) is 0 Å². The highest BCUT2D eigenvalue weighted by atomic mass is 79.9. The van der Waals surface area contributed by atoms with Gasteiger partial charge in [0.1, 0.15) is 5.82 Å². The van der Waals surface area contributed by atoms with E-state index in [2.05, 4.69) is 35.9 Å². The summed E-state index contributed by atoms with van der Waals surface area (Å²) in [6.07, 6.45) is 7.40. The predicted octanol–water partition coefficient (Wildman–Crippen LogP) is 1.81. The van der Waals surface area contributed by atoms with Crippen molar-refractivity contribution in [2.75, 3.05) is 18.0 Å². The van der Waals surface area contributed by atoms with Crippen LogP contribution in [-0.2, 0) is 0 Å². The molecule has 0 spiro atoms. The van der Waals surface area contributed by atoms with E-state index in [0.717, 1.165) is 29.1 Å². The monoisotopic (exact) mass is 293 g/mol. The van der Waals surface area contributed by atoms with Gasteiger partial charge in [-0.2, -0.15) is 5.10 Å². The molecule has 17 heavy (non-hydrogen) atoms. The molecule has 88 valence electrons. The predicted molar refractivity (Wildman–Crippen MR) is 67.9 cm³/mol. The van der Waals surface area contributed by atoms with Crippen LogP contribution in [0.4, 0.5) is 5.82 Å². The van der Waals surface area contributed by atoms with Crippen molar-refractivity contribution < 1.29 is 0 Å². The number of nitrogens with zero attached hydrogens (tertiary/aromatic N) is 5. The number of hydrogen-bond donors (Lipinski definition) is 0. The first kappa shape index (κ1) is 10.7. The van der Waals surface area contributed by atoms with Crippen molar-refractivity contribution >= 4 is 21.7 Å². The summed E-state index contributed by atoms with van der Waals surface area (Å²) in [6, 6.07) is 0.434. The van der Waals surface area contributed by atoms with E-state index in [9.17, 15) is 0 Å². The van der Waals surface area contributed by atoms with Gasteiger partial charge in [-0.25, -0.2) is 4.98 Å². The Labute approximate surface area is 108 Å². The molecule has 1 fully saturated rings. The third kappa shape index (κ3) is 2.04. The van der Waals surface area contributed by atoms with Crippen molar-refractivity contribution in [3.8, 4) is 0 Å². The summed E-state index contributed by atoms with van der Waals surface area (Å²) in [5.41, 5.74) is 0.952. The molecule has 5 nitrogen and oxygen atoms in total. The summed E-state index contributed by atoms with van der Waals surface area (Å²) in [5.74, 6) is 0.951. The summed E-state index contributed by atoms with van der Waals surface area (Å²) in [7, 11) is 0. The summed E-state index contributed by atoms with van der Waals surface area (Å²) in [5, 5.41) is 4.29. The van der Waals surface area contributed by atoms with Gasteiger partial charge in [0.15, 0.2) is 0 Å². The minimum atomic E-state index is 0.434. The van der Waals surface area contributed by atoms with Gasteiger partial charge in [0.2, 0.25) is 0 Å². The van der Waals surface area contributed by atoms with Crippen LogP contribution in [0.2, 0.25) is 0 Å². The van der Waals surface area contributed by atoms with Crippen molar-refractivity contribution in [3.05, 3.63) is 35.0 Å². The first-order valence-electron chi connectivity index (χ1n) is 5.45. The molecule has 3 heterocycles. The van der Waals surface area contributed by atoms with E-state index >= 15 is 0 Å². The van der Waals surface area contributed by atoms with Crippen LogP contribution in [0, 0.1) is 6.92 Å². The van der Waals surface area contributed by atoms with E-state index in [1.807, 2.05) is 30.2 Å². The fraction of sp³-hybridized carbons (Fsp3) is 0.364. The van der Waals surface area contributed by atoms with Crippen LogP contribution in [0.25, 0.3) is 0 Å². The third-order valence-electron chi connectivity index (χ3n) is 2.87. The van der Waals surface area contributed by atoms with Crippen LogP contribution in [-0.4, -0.2) is 32.8 Å². The van der Waals surface area contributed by atoms with E-state index in [4.69, 9.17) is 0 Å². The molecule has 0 atom stereocenters. The molecule has 1 saturated heterocycles. The Morgan fingerprint density at radius 1 is 1.29 bits per heavy atom. The number of rotatable bonds is 2. The zero-order chi connectivity index (χ0) is 11.8. The van der Waals surface area contributed by atoms with Gasteiger partial charge >= 0.3 is 0 Å². The standard InChI is InChI=1S/C11H12BrN5/c1-8-2-13-4-11(15-8)16-6-10(7-16)17-5-9(12)3-14-17/h2-5,10H,6-7H2,1H3. The average Bonchev–Trinajstić information content (AvgIpc) is 2.63. The van der Waals surface area contributed by atoms with Crippen LogP contribution >= 0.6 is 15.9 Å². The maximum atomic E-state index is 4.45. The van der Waals surface area contributed by atoms with E-state index in [1.165, 1.54) is 0 Å². The average molecular weight is 294 g/mol. The molecule has 2 aromatic rings. The van der Waals surface area contributed by atoms with E-state index in [0.29, 0.717) is 6.04 Å². The van der Waals surface area contributed by atoms with Gasteiger partial charge in [0.25, 0.3) is 0 Å². The van der Waals surface area contributed by atoms with Gasteiger partial charge in [-0.05, 0) is 22.9 Å². The second-order valence-electron chi connectivity index (χ2n) is 4.22. The lowest BCUT2D eigenvalue weighted by atomic mass is 10.1. The van der Waals surface area contributed by atoms with Gasteiger partial charge in [0.05, 0.1) is 28.6 Å². The second kappa shape index (κ2) is 4.10. The molecule has 0 radical (unpaired) electrons. The molecule has 3 rings (SSSR count). The molecule has 0 bridgehead atoms. The normalized spacial score (nSPS) is 16.0. The first-order chi connectivity index (χ1) is 8.22. The summed E-state index contributed by atoms with van der Waals surface area (Å²) < 4.78 is 3.01. The largest absolute Gasteiger partial charge is 0.351 e. The van der Waals surface area contributed by atoms with Crippen molar-refractivity contribution in [1.82, 2.24) is 19.7 Å². The molecule has 0 unspecified atom stereocenters. The maximum Gasteiger partial charge on any atom is 0.147 e. The Hall–Kier alpha value is -1.43. The van der Waals surface area contributed by atoms with Gasteiger partial charge in [-0.3, -0.25) is 9.67 Å². The number of hydrogen-bond acceptors (Lipinski definition) is 4. The van der Waals surface area contributed by atoms with E-state index < -0.39 is 0 Å². The summed E-state index contributed by atoms with van der Waals surface area (Å²) in [6.45, 7) is 3.83. The van der Waals surface area contributed by atoms with Gasteiger partial charge < -0.3 is 4.90 Å². The first-order valence-corrected chi connectivity index (χ1v) is 6.25. The molecule has 1 aliphatic rings. The molecule has 0 aliphatic carbocycles. The number of aromatic nitrogens is 4. The van der Waals surface area contributed by atoms with Crippen LogP contribution in [0.5, 0.6) is 0 Å². The zero-order valence-corrected chi connectivity index (χ0v) is 11.0. The molecule has 0 aromatic carbocycles. The highest BCUT2D eigenvalue weighted by Gasteiger charge is 2.29. The summed E-state index contributed by atoms with van der Waals surface area (Å²) in [4.78, 5) is 10.8. The van der Waals surface area contributed by atoms with Crippen molar-refractivity contribution in [2.45, 2.75) is 13.0 Å². The Balaban J connectivity index is 1.69. The lowest BCUT2D eigenvalue weighted by molar-refractivity contribution is 0.365. The number of halogens is 1. The van der Waals surface area contributed by atoms with Gasteiger partial charge in [-0.15, -0.1) is 0 Å². The van der Waals surface area contributed by atoms with Gasteiger partial charge in [0, 0.05) is 25.5 Å². The molecular weight excluding hydrogens is 282 g/mol. The Morgan fingerprint density at radius 3 is 2.76 bits per heavy atom. The van der Waals surface area contributed by atoms with E-state index in [-0.39, 0.29) is 0 Å². The fourth-order valence-corrected chi connectivity index (χ4v) is 2.23. The SMILES string of the molecule is Cc1cncc(N2CC(n3cc(Br)cn3)C2)n1. The Bertz CT molecular complexity index is 532. The quantitative estimate of drug-likeness (QED) is 0.847. The van der Waals surface area contributed by atoms with Crippen LogP contribution in [0.1, 0.15) is 11.7 Å². The number of aryl methyl sites for hydroxylation is 1. The topological polar surface area (TPSA) is 46.8 Å². The minimum absolute atomic E-state index is 0.434. The number of anilines is 1. The molecule has 0 saturated carbocycles. The maximum absolute atomic E-state index is 4.45.